The molecule has 0 fully saturated rings. The number of unbranched alkanes of at least 4 members (excludes halogenated alkanes) is 1. The molecule has 28 heavy (non-hydrogen) atoms. The van der Waals surface area contributed by atoms with Crippen molar-refractivity contribution in [3.8, 4) is 11.1 Å². The summed E-state index contributed by atoms with van der Waals surface area (Å²) >= 11 is 0. The van der Waals surface area contributed by atoms with Gasteiger partial charge in [0, 0.05) is 0 Å². The molecule has 0 radical (unpaired) electrons. The zero-order valence-corrected chi connectivity index (χ0v) is 15.3. The van der Waals surface area contributed by atoms with Gasteiger partial charge in [-0.2, -0.15) is 0 Å². The van der Waals surface area contributed by atoms with Gasteiger partial charge in [0.1, 0.15) is 0 Å². The third-order valence-corrected chi connectivity index (χ3v) is 3.79. The molecule has 0 amide bonds. The molecule has 8 nitrogen and oxygen atoms in total. The lowest BCUT2D eigenvalue weighted by Gasteiger charge is -2.09. The van der Waals surface area contributed by atoms with E-state index in [1.807, 2.05) is 0 Å². The van der Waals surface area contributed by atoms with Gasteiger partial charge in [-0.25, -0.2) is 19.2 Å². The van der Waals surface area contributed by atoms with Crippen molar-refractivity contribution in [3.05, 3.63) is 58.7 Å². The maximum atomic E-state index is 11.2. The summed E-state index contributed by atoms with van der Waals surface area (Å²) in [5, 5.41) is 36.2. The van der Waals surface area contributed by atoms with Crippen LogP contribution in [0.4, 0.5) is 0 Å². The smallest absolute Gasteiger partial charge is 0.336 e. The lowest BCUT2D eigenvalue weighted by atomic mass is 9.96. The Morgan fingerprint density at radius 2 is 0.857 bits per heavy atom. The molecule has 0 aliphatic carbocycles. The average Bonchev–Trinajstić information content (AvgIpc) is 2.66. The Bertz CT molecular complexity index is 839. The molecule has 0 aliphatic heterocycles. The summed E-state index contributed by atoms with van der Waals surface area (Å²) < 4.78 is 0. The van der Waals surface area contributed by atoms with Gasteiger partial charge in [0.25, 0.3) is 0 Å². The molecule has 148 valence electrons. The van der Waals surface area contributed by atoms with Crippen LogP contribution in [0.3, 0.4) is 0 Å². The number of carboxylic acid groups (broad SMARTS) is 4. The first-order valence-electron chi connectivity index (χ1n) is 8.35. The average molecular weight is 388 g/mol. The fourth-order valence-electron chi connectivity index (χ4n) is 2.17. The lowest BCUT2D eigenvalue weighted by Crippen LogP contribution is -2.09. The van der Waals surface area contributed by atoms with E-state index in [9.17, 15) is 19.2 Å². The molecule has 8 heteroatoms. The third-order valence-electron chi connectivity index (χ3n) is 3.79. The molecule has 0 heterocycles. The predicted molar refractivity (Wildman–Crippen MR) is 100 cm³/mol. The predicted octanol–water partition coefficient (Wildman–Crippen LogP) is 3.95. The molecule has 0 unspecified atom stereocenters. The monoisotopic (exact) mass is 388 g/mol. The molecule has 2 aromatic rings. The highest BCUT2D eigenvalue weighted by Gasteiger charge is 2.19. The summed E-state index contributed by atoms with van der Waals surface area (Å²) in [7, 11) is 0. The number of hydrogen-bond donors (Lipinski definition) is 4. The van der Waals surface area contributed by atoms with Gasteiger partial charge in [0.05, 0.1) is 22.3 Å². The molecule has 0 atom stereocenters. The summed E-state index contributed by atoms with van der Waals surface area (Å²) in [5.74, 6) is -5.72. The lowest BCUT2D eigenvalue weighted by molar-refractivity contribution is 0.0651. The van der Waals surface area contributed by atoms with E-state index in [4.69, 9.17) is 20.4 Å². The van der Waals surface area contributed by atoms with E-state index >= 15 is 0 Å². The second-order valence-corrected chi connectivity index (χ2v) is 5.74. The van der Waals surface area contributed by atoms with E-state index in [2.05, 4.69) is 13.8 Å². The highest BCUT2D eigenvalue weighted by Crippen LogP contribution is 2.25. The van der Waals surface area contributed by atoms with Crippen molar-refractivity contribution in [2.24, 2.45) is 0 Å². The van der Waals surface area contributed by atoms with Crippen LogP contribution in [0.5, 0.6) is 0 Å². The van der Waals surface area contributed by atoms with E-state index < -0.39 is 46.1 Å². The molecule has 0 saturated carbocycles. The van der Waals surface area contributed by atoms with E-state index in [1.54, 1.807) is 0 Å². The van der Waals surface area contributed by atoms with E-state index in [-0.39, 0.29) is 11.1 Å². The Morgan fingerprint density at radius 1 is 0.571 bits per heavy atom. The third kappa shape index (κ3) is 5.41. The van der Waals surface area contributed by atoms with Gasteiger partial charge in [0.2, 0.25) is 0 Å². The van der Waals surface area contributed by atoms with Crippen molar-refractivity contribution in [1.82, 2.24) is 0 Å². The first-order valence-corrected chi connectivity index (χ1v) is 8.35. The van der Waals surface area contributed by atoms with Gasteiger partial charge in [-0.05, 0) is 35.4 Å². The van der Waals surface area contributed by atoms with Crippen LogP contribution in [0, 0.1) is 0 Å². The van der Waals surface area contributed by atoms with E-state index in [0.29, 0.717) is 0 Å². The van der Waals surface area contributed by atoms with Crippen LogP contribution in [0.15, 0.2) is 36.4 Å². The topological polar surface area (TPSA) is 149 Å². The molecule has 0 aliphatic rings. The normalized spacial score (nSPS) is 9.79. The van der Waals surface area contributed by atoms with Crippen LogP contribution < -0.4 is 0 Å². The van der Waals surface area contributed by atoms with Crippen LogP contribution in [-0.2, 0) is 0 Å². The van der Waals surface area contributed by atoms with Gasteiger partial charge in [-0.15, -0.1) is 0 Å². The fourth-order valence-corrected chi connectivity index (χ4v) is 2.17. The van der Waals surface area contributed by atoms with Crippen molar-refractivity contribution in [2.75, 3.05) is 0 Å². The molecular weight excluding hydrogens is 368 g/mol. The first kappa shape index (κ1) is 22.4. The quantitative estimate of drug-likeness (QED) is 0.581. The Hall–Kier alpha value is -3.68. The Labute approximate surface area is 160 Å². The van der Waals surface area contributed by atoms with Gasteiger partial charge in [-0.1, -0.05) is 38.8 Å². The number of carbonyl (C=O) groups is 4. The molecule has 4 N–H and O–H groups in total. The fraction of sp³-hybridized carbons (Fsp3) is 0.200. The summed E-state index contributed by atoms with van der Waals surface area (Å²) in [5.41, 5.74) is -1.24. The second-order valence-electron chi connectivity index (χ2n) is 5.74. The zero-order valence-electron chi connectivity index (χ0n) is 15.3. The molecule has 0 spiro atoms. The van der Waals surface area contributed by atoms with Crippen LogP contribution in [0.25, 0.3) is 11.1 Å². The summed E-state index contributed by atoms with van der Waals surface area (Å²) in [4.78, 5) is 44.4. The Kier molecular flexibility index (Phi) is 7.88. The van der Waals surface area contributed by atoms with Crippen molar-refractivity contribution < 1.29 is 39.6 Å². The highest BCUT2D eigenvalue weighted by atomic mass is 16.4. The molecule has 0 aromatic heterocycles. The van der Waals surface area contributed by atoms with Gasteiger partial charge in [0.15, 0.2) is 0 Å². The van der Waals surface area contributed by atoms with E-state index in [1.165, 1.54) is 25.0 Å². The minimum absolute atomic E-state index is 0.247. The molecular formula is C20H20O8. The molecule has 2 rings (SSSR count). The van der Waals surface area contributed by atoms with Gasteiger partial charge < -0.3 is 20.4 Å². The number of aromatic carboxylic acids is 4. The highest BCUT2D eigenvalue weighted by molar-refractivity contribution is 6.04. The Morgan fingerprint density at radius 3 is 1.07 bits per heavy atom. The SMILES string of the molecule is CCCC.O=C(O)c1ccc(-c2ccc(C(=O)O)c(C(=O)O)c2)cc1C(=O)O. The first-order chi connectivity index (χ1) is 13.1. The minimum Gasteiger partial charge on any atom is -0.478 e. The second kappa shape index (κ2) is 9.86. The van der Waals surface area contributed by atoms with Crippen molar-refractivity contribution in [1.29, 1.82) is 0 Å². The van der Waals surface area contributed by atoms with Crippen molar-refractivity contribution in [2.45, 2.75) is 26.7 Å². The van der Waals surface area contributed by atoms with Crippen molar-refractivity contribution >= 4 is 23.9 Å². The molecule has 0 saturated heterocycles. The maximum absolute atomic E-state index is 11.2. The van der Waals surface area contributed by atoms with Crippen LogP contribution in [0.2, 0.25) is 0 Å². The van der Waals surface area contributed by atoms with Gasteiger partial charge >= 0.3 is 23.9 Å². The number of benzene rings is 2. The number of hydrogen-bond acceptors (Lipinski definition) is 4. The molecule has 0 bridgehead atoms. The largest absolute Gasteiger partial charge is 0.478 e. The van der Waals surface area contributed by atoms with E-state index in [0.717, 1.165) is 24.3 Å². The van der Waals surface area contributed by atoms with Crippen molar-refractivity contribution in [3.63, 3.8) is 0 Å². The maximum Gasteiger partial charge on any atom is 0.336 e. The Balaban J connectivity index is 0.000000892. The number of carboxylic acids is 4. The molecule has 2 aromatic carbocycles. The van der Waals surface area contributed by atoms with Crippen LogP contribution >= 0.6 is 0 Å². The van der Waals surface area contributed by atoms with Gasteiger partial charge in [-0.3, -0.25) is 0 Å². The van der Waals surface area contributed by atoms with Crippen LogP contribution in [0.1, 0.15) is 68.1 Å². The minimum atomic E-state index is -1.45. The summed E-state index contributed by atoms with van der Waals surface area (Å²) in [6, 6.07) is 6.99. The number of rotatable bonds is 6. The standard InChI is InChI=1S/C16H10O8.C4H10/c17-13(18)9-3-1-7(5-11(9)15(21)22)8-2-4-10(14(19)20)12(6-8)16(23)24;1-3-4-2/h1-6H,(H,17,18)(H,19,20)(H,21,22)(H,23,24);3-4H2,1-2H3. The zero-order chi connectivity index (χ0) is 21.4. The summed E-state index contributed by atoms with van der Waals surface area (Å²) in [6.45, 7) is 4.36. The summed E-state index contributed by atoms with van der Waals surface area (Å²) in [6.07, 6.45) is 2.64. The van der Waals surface area contributed by atoms with Crippen LogP contribution in [-0.4, -0.2) is 44.3 Å².